The molecular weight excluding hydrogens is 584 g/mol. The van der Waals surface area contributed by atoms with Gasteiger partial charge in [0.15, 0.2) is 5.76 Å². The summed E-state index contributed by atoms with van der Waals surface area (Å²) in [4.78, 5) is 46.5. The van der Waals surface area contributed by atoms with Crippen LogP contribution in [0.3, 0.4) is 0 Å². The number of hydrogen-bond acceptors (Lipinski definition) is 8. The zero-order chi connectivity index (χ0) is 31.5. The molecule has 11 heteroatoms. The Morgan fingerprint density at radius 2 is 1.80 bits per heavy atom. The average molecular weight is 619 g/mol. The van der Waals surface area contributed by atoms with Crippen molar-refractivity contribution in [2.75, 3.05) is 44.9 Å². The number of ether oxygens (including phenoxy) is 2. The highest BCUT2D eigenvalue weighted by molar-refractivity contribution is 6.01. The minimum atomic E-state index is -0.750. The Morgan fingerprint density at radius 3 is 2.59 bits per heavy atom. The summed E-state index contributed by atoms with van der Waals surface area (Å²) in [6.45, 7) is 3.84. The number of benzene rings is 3. The molecule has 4 heterocycles. The predicted molar refractivity (Wildman–Crippen MR) is 174 cm³/mol. The molecule has 0 saturated carbocycles. The fourth-order valence-corrected chi connectivity index (χ4v) is 6.15. The van der Waals surface area contributed by atoms with E-state index in [0.717, 1.165) is 66.9 Å². The lowest BCUT2D eigenvalue weighted by Crippen LogP contribution is -2.36. The number of methoxy groups -OCH3 is 1. The Kier molecular flexibility index (Phi) is 8.30. The van der Waals surface area contributed by atoms with E-state index in [1.165, 1.54) is 19.0 Å². The van der Waals surface area contributed by atoms with E-state index in [-0.39, 0.29) is 11.9 Å². The van der Waals surface area contributed by atoms with Crippen molar-refractivity contribution in [3.63, 3.8) is 0 Å². The number of rotatable bonds is 7. The number of amides is 2. The molecule has 2 aliphatic rings. The topological polar surface area (TPSA) is 126 Å². The summed E-state index contributed by atoms with van der Waals surface area (Å²) in [7, 11) is 1.26. The molecular formula is C35H34N6O5. The molecule has 0 aliphatic carbocycles. The summed E-state index contributed by atoms with van der Waals surface area (Å²) < 4.78 is 16.3. The van der Waals surface area contributed by atoms with Gasteiger partial charge in [0.25, 0.3) is 0 Å². The van der Waals surface area contributed by atoms with Crippen molar-refractivity contribution >= 4 is 34.9 Å². The van der Waals surface area contributed by atoms with E-state index < -0.39 is 12.0 Å². The number of anilines is 1. The summed E-state index contributed by atoms with van der Waals surface area (Å²) in [5.74, 6) is 1.04. The molecule has 2 aromatic heterocycles. The van der Waals surface area contributed by atoms with E-state index >= 15 is 0 Å². The Hall–Kier alpha value is -5.29. The number of nitrogens with zero attached hydrogens (tertiary/aromatic N) is 5. The number of H-pyrrole nitrogens is 1. The number of oxazole rings is 1. The second-order valence-corrected chi connectivity index (χ2v) is 11.4. The van der Waals surface area contributed by atoms with Crippen molar-refractivity contribution < 1.29 is 23.5 Å². The Labute approximate surface area is 265 Å². The van der Waals surface area contributed by atoms with Crippen LogP contribution in [-0.2, 0) is 14.3 Å². The van der Waals surface area contributed by atoms with Crippen molar-refractivity contribution in [1.29, 1.82) is 0 Å². The minimum absolute atomic E-state index is 0.146. The highest BCUT2D eigenvalue weighted by Crippen LogP contribution is 2.35. The van der Waals surface area contributed by atoms with E-state index in [1.54, 1.807) is 6.20 Å². The molecule has 0 spiro atoms. The van der Waals surface area contributed by atoms with Crippen LogP contribution in [0.25, 0.3) is 33.8 Å². The van der Waals surface area contributed by atoms with Crippen LogP contribution in [0.1, 0.15) is 36.2 Å². The maximum Gasteiger partial charge on any atom is 0.432 e. The number of aromatic nitrogens is 3. The lowest BCUT2D eigenvalue weighted by molar-refractivity contribution is -0.132. The molecule has 2 atom stereocenters. The fourth-order valence-electron chi connectivity index (χ4n) is 6.15. The van der Waals surface area contributed by atoms with Gasteiger partial charge < -0.3 is 28.7 Å². The molecule has 1 N–H and O–H groups in total. The summed E-state index contributed by atoms with van der Waals surface area (Å²) in [5, 5.41) is 0. The van der Waals surface area contributed by atoms with Gasteiger partial charge in [0.05, 0.1) is 49.5 Å². The molecule has 2 amide bonds. The minimum Gasteiger partial charge on any atom is -0.451 e. The van der Waals surface area contributed by atoms with Gasteiger partial charge in [-0.1, -0.05) is 30.3 Å². The lowest BCUT2D eigenvalue weighted by atomic mass is 9.98. The first-order valence-electron chi connectivity index (χ1n) is 15.4. The number of carbonyl (C=O) groups excluding carboxylic acids is 2. The fraction of sp³-hybridized carbons (Fsp3) is 0.286. The van der Waals surface area contributed by atoms with E-state index in [4.69, 9.17) is 14.1 Å². The van der Waals surface area contributed by atoms with E-state index in [9.17, 15) is 9.59 Å². The second-order valence-electron chi connectivity index (χ2n) is 11.4. The van der Waals surface area contributed by atoms with Crippen molar-refractivity contribution in [1.82, 2.24) is 19.9 Å². The van der Waals surface area contributed by atoms with Gasteiger partial charge in [-0.3, -0.25) is 4.79 Å². The van der Waals surface area contributed by atoms with Gasteiger partial charge in [-0.05, 0) is 60.9 Å². The SMILES string of the molecule is COC(=O)/N=C/C(C(=O)N1CCC[C@H]1c1nc2ccc(-c3ncc(-c4ccc(N5CCOCC5)cc4)o3)cc2[nH]1)c1ccccc1. The van der Waals surface area contributed by atoms with Crippen molar-refractivity contribution in [3.8, 4) is 22.8 Å². The van der Waals surface area contributed by atoms with Crippen LogP contribution in [0.15, 0.2) is 88.4 Å². The third-order valence-electron chi connectivity index (χ3n) is 8.56. The third kappa shape index (κ3) is 6.01. The van der Waals surface area contributed by atoms with Crippen LogP contribution in [0.4, 0.5) is 10.5 Å². The lowest BCUT2D eigenvalue weighted by Gasteiger charge is -2.28. The average Bonchev–Trinajstić information content (AvgIpc) is 3.89. The number of nitrogens with one attached hydrogen (secondary N) is 1. The number of morpholine rings is 1. The van der Waals surface area contributed by atoms with Crippen LogP contribution >= 0.6 is 0 Å². The molecule has 234 valence electrons. The van der Waals surface area contributed by atoms with Crippen molar-refractivity contribution in [2.24, 2.45) is 4.99 Å². The van der Waals surface area contributed by atoms with Crippen LogP contribution in [0.5, 0.6) is 0 Å². The van der Waals surface area contributed by atoms with Crippen molar-refractivity contribution in [3.05, 3.63) is 90.4 Å². The Morgan fingerprint density at radius 1 is 1.02 bits per heavy atom. The highest BCUT2D eigenvalue weighted by atomic mass is 16.5. The monoisotopic (exact) mass is 618 g/mol. The molecule has 2 fully saturated rings. The first kappa shape index (κ1) is 29.4. The first-order chi connectivity index (χ1) is 22.6. The highest BCUT2D eigenvalue weighted by Gasteiger charge is 2.36. The van der Waals surface area contributed by atoms with Gasteiger partial charge in [0.1, 0.15) is 5.82 Å². The van der Waals surface area contributed by atoms with Crippen LogP contribution in [0, 0.1) is 0 Å². The molecule has 2 saturated heterocycles. The molecule has 1 unspecified atom stereocenters. The maximum atomic E-state index is 13.9. The second kappa shape index (κ2) is 13.0. The molecule has 0 radical (unpaired) electrons. The molecule has 3 aromatic carbocycles. The van der Waals surface area contributed by atoms with Gasteiger partial charge >= 0.3 is 6.09 Å². The quantitative estimate of drug-likeness (QED) is 0.220. The summed E-state index contributed by atoms with van der Waals surface area (Å²) in [5.41, 5.74) is 5.31. The maximum absolute atomic E-state index is 13.9. The zero-order valence-corrected chi connectivity index (χ0v) is 25.5. The number of aliphatic imine (C=N–C) groups is 1. The largest absolute Gasteiger partial charge is 0.451 e. The Bertz CT molecular complexity index is 1860. The van der Waals surface area contributed by atoms with Gasteiger partial charge in [-0.15, -0.1) is 0 Å². The van der Waals surface area contributed by atoms with Crippen LogP contribution < -0.4 is 4.90 Å². The number of likely N-dealkylation sites (tertiary alicyclic amines) is 1. The molecule has 0 bridgehead atoms. The number of fused-ring (bicyclic) bond motifs is 1. The van der Waals surface area contributed by atoms with Gasteiger partial charge in [0.2, 0.25) is 11.8 Å². The Balaban J connectivity index is 1.10. The number of imidazole rings is 1. The van der Waals surface area contributed by atoms with Gasteiger partial charge in [-0.25, -0.2) is 14.8 Å². The van der Waals surface area contributed by atoms with Gasteiger partial charge in [-0.2, -0.15) is 4.99 Å². The summed E-state index contributed by atoms with van der Waals surface area (Å²) in [6, 6.07) is 23.2. The van der Waals surface area contributed by atoms with E-state index in [2.05, 4.69) is 48.9 Å². The standard InChI is InChI=1S/C35H34N6O5/c1-44-35(43)37-21-27(23-6-3-2-4-7-23)34(42)41-15-5-8-30(41)32-38-28-14-11-25(20-29(28)39-32)33-36-22-31(46-33)24-9-12-26(13-10-24)40-16-18-45-19-17-40/h2-4,6-7,9-14,20-22,27,30H,5,8,15-19H2,1H3,(H,38,39)/b37-21+/t27?,30-/m0/s1. The molecule has 46 heavy (non-hydrogen) atoms. The zero-order valence-electron chi connectivity index (χ0n) is 25.5. The predicted octanol–water partition coefficient (Wildman–Crippen LogP) is 6.01. The van der Waals surface area contributed by atoms with Gasteiger partial charge in [0, 0.05) is 42.7 Å². The third-order valence-corrected chi connectivity index (χ3v) is 8.56. The summed E-state index contributed by atoms with van der Waals surface area (Å²) in [6.07, 6.45) is 3.96. The van der Waals surface area contributed by atoms with Crippen LogP contribution in [-0.4, -0.2) is 78.0 Å². The number of aromatic amines is 1. The molecule has 2 aliphatic heterocycles. The number of carbonyl (C=O) groups is 2. The first-order valence-corrected chi connectivity index (χ1v) is 15.4. The normalized spacial score (nSPS) is 17.5. The number of hydrogen-bond donors (Lipinski definition) is 1. The molecule has 5 aromatic rings. The van der Waals surface area contributed by atoms with E-state index in [0.29, 0.717) is 24.0 Å². The van der Waals surface area contributed by atoms with Crippen molar-refractivity contribution in [2.45, 2.75) is 24.8 Å². The summed E-state index contributed by atoms with van der Waals surface area (Å²) >= 11 is 0. The molecule has 7 rings (SSSR count). The smallest absolute Gasteiger partial charge is 0.432 e. The van der Waals surface area contributed by atoms with Crippen LogP contribution in [0.2, 0.25) is 0 Å². The molecule has 11 nitrogen and oxygen atoms in total. The van der Waals surface area contributed by atoms with E-state index in [1.807, 2.05) is 53.4 Å².